The van der Waals surface area contributed by atoms with Gasteiger partial charge in [-0.25, -0.2) is 15.8 Å². The van der Waals surface area contributed by atoms with Crippen molar-refractivity contribution in [3.63, 3.8) is 0 Å². The van der Waals surface area contributed by atoms with Gasteiger partial charge in [0, 0.05) is 10.5 Å². The molecule has 0 bridgehead atoms. The molecule has 3 N–H and O–H groups in total. The Hall–Kier alpha value is -1.59. The van der Waals surface area contributed by atoms with Crippen LogP contribution in [0.5, 0.6) is 0 Å². The van der Waals surface area contributed by atoms with Gasteiger partial charge in [0.2, 0.25) is 0 Å². The quantitative estimate of drug-likeness (QED) is 0.501. The summed E-state index contributed by atoms with van der Waals surface area (Å²) in [5, 5.41) is 0.970. The summed E-state index contributed by atoms with van der Waals surface area (Å²) in [6.45, 7) is 6.38. The van der Waals surface area contributed by atoms with Crippen molar-refractivity contribution >= 4 is 17.6 Å². The van der Waals surface area contributed by atoms with Gasteiger partial charge in [-0.2, -0.15) is 0 Å². The van der Waals surface area contributed by atoms with E-state index in [4.69, 9.17) is 5.84 Å². The van der Waals surface area contributed by atoms with E-state index in [2.05, 4.69) is 54.4 Å². The second-order valence-corrected chi connectivity index (χ2v) is 5.81. The highest BCUT2D eigenvalue weighted by atomic mass is 32.2. The lowest BCUT2D eigenvalue weighted by Crippen LogP contribution is -2.12. The Balaban J connectivity index is 2.34. The van der Waals surface area contributed by atoms with Crippen LogP contribution in [0.4, 0.5) is 5.82 Å². The molecule has 1 aromatic carbocycles. The standard InChI is InChI=1S/C15H20N4S/c1-4-5-13-14(19-16)17-9-18-15(13)20-12-7-6-10(2)11(3)8-12/h6-9H,4-5,16H2,1-3H3,(H,17,18,19). The van der Waals surface area contributed by atoms with E-state index in [1.54, 1.807) is 18.1 Å². The van der Waals surface area contributed by atoms with Crippen LogP contribution in [0.1, 0.15) is 30.0 Å². The van der Waals surface area contributed by atoms with Crippen molar-refractivity contribution in [2.75, 3.05) is 5.43 Å². The zero-order chi connectivity index (χ0) is 14.5. The molecule has 0 fully saturated rings. The van der Waals surface area contributed by atoms with E-state index in [0.29, 0.717) is 5.82 Å². The van der Waals surface area contributed by atoms with E-state index >= 15 is 0 Å². The van der Waals surface area contributed by atoms with Gasteiger partial charge in [0.15, 0.2) is 0 Å². The van der Waals surface area contributed by atoms with Crippen LogP contribution < -0.4 is 11.3 Å². The third-order valence-electron chi connectivity index (χ3n) is 3.24. The van der Waals surface area contributed by atoms with Crippen LogP contribution in [0.3, 0.4) is 0 Å². The average Bonchev–Trinajstić information content (AvgIpc) is 2.45. The number of nitrogen functional groups attached to an aromatic ring is 1. The summed E-state index contributed by atoms with van der Waals surface area (Å²) in [5.41, 5.74) is 6.34. The van der Waals surface area contributed by atoms with Crippen LogP contribution in [-0.2, 0) is 6.42 Å². The normalized spacial score (nSPS) is 10.6. The maximum atomic E-state index is 5.54. The number of benzene rings is 1. The van der Waals surface area contributed by atoms with Crippen LogP contribution in [0.2, 0.25) is 0 Å². The highest BCUT2D eigenvalue weighted by molar-refractivity contribution is 7.99. The summed E-state index contributed by atoms with van der Waals surface area (Å²) in [6.07, 6.45) is 3.49. The zero-order valence-corrected chi connectivity index (χ0v) is 12.9. The predicted octanol–water partition coefficient (Wildman–Crippen LogP) is 3.48. The first-order valence-electron chi connectivity index (χ1n) is 6.71. The van der Waals surface area contributed by atoms with Gasteiger partial charge in [0.05, 0.1) is 0 Å². The van der Waals surface area contributed by atoms with Crippen LogP contribution in [0.15, 0.2) is 34.4 Å². The Morgan fingerprint density at radius 3 is 2.65 bits per heavy atom. The largest absolute Gasteiger partial charge is 0.308 e. The Kier molecular flexibility index (Phi) is 4.98. The molecule has 0 saturated carbocycles. The molecular weight excluding hydrogens is 268 g/mol. The highest BCUT2D eigenvalue weighted by Gasteiger charge is 2.11. The first kappa shape index (κ1) is 14.8. The topological polar surface area (TPSA) is 63.8 Å². The molecule has 0 amide bonds. The SMILES string of the molecule is CCCc1c(NN)ncnc1Sc1ccc(C)c(C)c1. The molecule has 106 valence electrons. The second kappa shape index (κ2) is 6.72. The molecule has 0 saturated heterocycles. The molecule has 5 heteroatoms. The molecular formula is C15H20N4S. The summed E-state index contributed by atoms with van der Waals surface area (Å²) in [5.74, 6) is 6.25. The predicted molar refractivity (Wildman–Crippen MR) is 83.9 cm³/mol. The molecule has 0 aliphatic rings. The lowest BCUT2D eigenvalue weighted by Gasteiger charge is -2.12. The number of nitrogens with zero attached hydrogens (tertiary/aromatic N) is 2. The van der Waals surface area contributed by atoms with Gasteiger partial charge in [-0.1, -0.05) is 31.2 Å². The van der Waals surface area contributed by atoms with E-state index in [-0.39, 0.29) is 0 Å². The van der Waals surface area contributed by atoms with Crippen molar-refractivity contribution in [3.8, 4) is 0 Å². The molecule has 0 unspecified atom stereocenters. The van der Waals surface area contributed by atoms with Crippen molar-refractivity contribution in [1.29, 1.82) is 0 Å². The molecule has 4 nitrogen and oxygen atoms in total. The number of aryl methyl sites for hydroxylation is 2. The lowest BCUT2D eigenvalue weighted by molar-refractivity contribution is 0.856. The highest BCUT2D eigenvalue weighted by Crippen LogP contribution is 2.32. The van der Waals surface area contributed by atoms with Gasteiger partial charge in [0.1, 0.15) is 17.2 Å². The van der Waals surface area contributed by atoms with E-state index in [0.717, 1.165) is 23.4 Å². The van der Waals surface area contributed by atoms with Gasteiger partial charge < -0.3 is 5.43 Å². The summed E-state index contributed by atoms with van der Waals surface area (Å²) >= 11 is 1.66. The Morgan fingerprint density at radius 1 is 1.20 bits per heavy atom. The number of rotatable bonds is 5. The molecule has 0 aliphatic heterocycles. The summed E-state index contributed by atoms with van der Waals surface area (Å²) in [7, 11) is 0. The fraction of sp³-hybridized carbons (Fsp3) is 0.333. The van der Waals surface area contributed by atoms with Gasteiger partial charge in [-0.05, 0) is 43.5 Å². The molecule has 20 heavy (non-hydrogen) atoms. The zero-order valence-electron chi connectivity index (χ0n) is 12.1. The van der Waals surface area contributed by atoms with Crippen LogP contribution >= 0.6 is 11.8 Å². The minimum Gasteiger partial charge on any atom is -0.308 e. The minimum absolute atomic E-state index is 0.716. The summed E-state index contributed by atoms with van der Waals surface area (Å²) in [4.78, 5) is 9.79. The molecule has 0 atom stereocenters. The molecule has 0 radical (unpaired) electrons. The van der Waals surface area contributed by atoms with Gasteiger partial charge in [-0.15, -0.1) is 0 Å². The van der Waals surface area contributed by atoms with Crippen molar-refractivity contribution < 1.29 is 0 Å². The summed E-state index contributed by atoms with van der Waals surface area (Å²) in [6, 6.07) is 6.45. The maximum absolute atomic E-state index is 5.54. The monoisotopic (exact) mass is 288 g/mol. The molecule has 0 spiro atoms. The van der Waals surface area contributed by atoms with E-state index < -0.39 is 0 Å². The third-order valence-corrected chi connectivity index (χ3v) is 4.27. The maximum Gasteiger partial charge on any atom is 0.147 e. The Bertz CT molecular complexity index is 598. The number of nitrogens with one attached hydrogen (secondary N) is 1. The molecule has 1 aromatic heterocycles. The van der Waals surface area contributed by atoms with E-state index in [1.165, 1.54) is 16.0 Å². The molecule has 2 rings (SSSR count). The minimum atomic E-state index is 0.716. The van der Waals surface area contributed by atoms with Gasteiger partial charge in [-0.3, -0.25) is 0 Å². The number of anilines is 1. The fourth-order valence-corrected chi connectivity index (χ4v) is 2.99. The number of aromatic nitrogens is 2. The Labute approximate surface area is 124 Å². The fourth-order valence-electron chi connectivity index (χ4n) is 1.97. The summed E-state index contributed by atoms with van der Waals surface area (Å²) < 4.78 is 0. The van der Waals surface area contributed by atoms with Crippen molar-refractivity contribution in [3.05, 3.63) is 41.2 Å². The van der Waals surface area contributed by atoms with Crippen molar-refractivity contribution in [2.24, 2.45) is 5.84 Å². The van der Waals surface area contributed by atoms with Crippen LogP contribution in [0, 0.1) is 13.8 Å². The first-order chi connectivity index (χ1) is 9.65. The number of hydrogen-bond donors (Lipinski definition) is 2. The first-order valence-corrected chi connectivity index (χ1v) is 7.53. The average molecular weight is 288 g/mol. The van der Waals surface area contributed by atoms with Crippen molar-refractivity contribution in [1.82, 2.24) is 9.97 Å². The molecule has 0 aliphatic carbocycles. The second-order valence-electron chi connectivity index (χ2n) is 4.75. The number of nitrogens with two attached hydrogens (primary N) is 1. The van der Waals surface area contributed by atoms with Crippen molar-refractivity contribution in [2.45, 2.75) is 43.5 Å². The van der Waals surface area contributed by atoms with E-state index in [1.807, 2.05) is 0 Å². The smallest absolute Gasteiger partial charge is 0.147 e. The van der Waals surface area contributed by atoms with Crippen LogP contribution in [0.25, 0.3) is 0 Å². The van der Waals surface area contributed by atoms with E-state index in [9.17, 15) is 0 Å². The molecule has 2 aromatic rings. The number of hydrogen-bond acceptors (Lipinski definition) is 5. The third kappa shape index (κ3) is 3.29. The van der Waals surface area contributed by atoms with Gasteiger partial charge >= 0.3 is 0 Å². The number of hydrazine groups is 1. The Morgan fingerprint density at radius 2 is 2.00 bits per heavy atom. The van der Waals surface area contributed by atoms with Crippen LogP contribution in [-0.4, -0.2) is 9.97 Å². The lowest BCUT2D eigenvalue weighted by atomic mass is 10.1. The molecule has 1 heterocycles. The van der Waals surface area contributed by atoms with Gasteiger partial charge in [0.25, 0.3) is 0 Å².